The molecule has 0 aromatic heterocycles. The maximum atomic E-state index is 10.8. The Morgan fingerprint density at radius 3 is 2.27 bits per heavy atom. The van der Waals surface area contributed by atoms with Gasteiger partial charge >= 0.3 is 0 Å². The molecule has 0 heterocycles. The molecule has 0 spiro atoms. The number of aliphatic hydroxyl groups excluding tert-OH is 1. The molecule has 2 unspecified atom stereocenters. The van der Waals surface area contributed by atoms with Gasteiger partial charge in [-0.3, -0.25) is 0 Å². The summed E-state index contributed by atoms with van der Waals surface area (Å²) in [6, 6.07) is 0. The van der Waals surface area contributed by atoms with Crippen molar-refractivity contribution in [3.05, 3.63) is 0 Å². The minimum atomic E-state index is -3.29. The predicted octanol–water partition coefficient (Wildman–Crippen LogP) is 0.367. The Hall–Kier alpha value is 0.200. The topological polar surface area (TPSA) is 54.4 Å². The van der Waals surface area contributed by atoms with E-state index in [-0.39, 0.29) is 5.92 Å². The van der Waals surface area contributed by atoms with Gasteiger partial charge in [-0.1, -0.05) is 0 Å². The molecule has 0 aliphatic heterocycles. The molecule has 1 N–H and O–H groups in total. The van der Waals surface area contributed by atoms with E-state index < -0.39 is 20.7 Å². The monoisotopic (exact) mass is 198 g/mol. The molecule has 0 amide bonds. The van der Waals surface area contributed by atoms with E-state index in [1.807, 2.05) is 0 Å². The second-order valence-electron chi connectivity index (χ2n) is 3.01. The molecule has 1 aliphatic rings. The van der Waals surface area contributed by atoms with Gasteiger partial charge in [0.25, 0.3) is 0 Å². The van der Waals surface area contributed by atoms with Crippen LogP contribution in [-0.2, 0) is 9.84 Å². The summed E-state index contributed by atoms with van der Waals surface area (Å²) in [5.74, 6) is 0.104. The Kier molecular flexibility index (Phi) is 2.46. The minimum Gasteiger partial charge on any atom is -0.390 e. The zero-order chi connectivity index (χ0) is 8.65. The molecular formula is C6H11ClO3S. The Bertz CT molecular complexity index is 232. The fourth-order valence-electron chi connectivity index (χ4n) is 0.905. The van der Waals surface area contributed by atoms with Crippen LogP contribution in [0.4, 0.5) is 0 Å². The molecule has 0 aromatic carbocycles. The molecule has 0 saturated heterocycles. The van der Waals surface area contributed by atoms with Gasteiger partial charge in [0.2, 0.25) is 0 Å². The zero-order valence-corrected chi connectivity index (χ0v) is 7.77. The first-order valence-corrected chi connectivity index (χ1v) is 5.83. The van der Waals surface area contributed by atoms with E-state index in [1.54, 1.807) is 0 Å². The van der Waals surface area contributed by atoms with Crippen molar-refractivity contribution in [3.63, 3.8) is 0 Å². The molecule has 5 heteroatoms. The fourth-order valence-corrected chi connectivity index (χ4v) is 1.84. The highest BCUT2D eigenvalue weighted by Crippen LogP contribution is 2.36. The van der Waals surface area contributed by atoms with Crippen LogP contribution in [0, 0.1) is 5.92 Å². The van der Waals surface area contributed by atoms with Gasteiger partial charge in [-0.15, -0.1) is 11.6 Å². The first-order valence-electron chi connectivity index (χ1n) is 3.44. The van der Waals surface area contributed by atoms with Crippen molar-refractivity contribution in [2.45, 2.75) is 23.7 Å². The van der Waals surface area contributed by atoms with Crippen molar-refractivity contribution in [1.29, 1.82) is 0 Å². The first-order chi connectivity index (χ1) is 4.93. The van der Waals surface area contributed by atoms with Gasteiger partial charge in [0.1, 0.15) is 0 Å². The molecule has 1 fully saturated rings. The lowest BCUT2D eigenvalue weighted by atomic mass is 10.3. The third kappa shape index (κ3) is 2.32. The van der Waals surface area contributed by atoms with E-state index in [2.05, 4.69) is 0 Å². The van der Waals surface area contributed by atoms with Crippen LogP contribution in [0.15, 0.2) is 0 Å². The average molecular weight is 199 g/mol. The van der Waals surface area contributed by atoms with Crippen LogP contribution >= 0.6 is 11.6 Å². The van der Waals surface area contributed by atoms with Crippen molar-refractivity contribution in [2.24, 2.45) is 5.92 Å². The molecule has 1 rings (SSSR count). The maximum Gasteiger partial charge on any atom is 0.166 e. The number of halogens is 1. The summed E-state index contributed by atoms with van der Waals surface area (Å²) in [4.78, 5) is 0. The Morgan fingerprint density at radius 1 is 1.55 bits per heavy atom. The van der Waals surface area contributed by atoms with E-state index in [0.29, 0.717) is 0 Å². The molecule has 11 heavy (non-hydrogen) atoms. The Balaban J connectivity index is 2.59. The largest absolute Gasteiger partial charge is 0.390 e. The van der Waals surface area contributed by atoms with Crippen LogP contribution in [0.5, 0.6) is 0 Å². The van der Waals surface area contributed by atoms with Crippen LogP contribution in [0.3, 0.4) is 0 Å². The third-order valence-electron chi connectivity index (χ3n) is 1.78. The van der Waals surface area contributed by atoms with Gasteiger partial charge in [0.15, 0.2) is 14.5 Å². The second kappa shape index (κ2) is 2.92. The quantitative estimate of drug-likeness (QED) is 0.667. The summed E-state index contributed by atoms with van der Waals surface area (Å²) in [6.07, 6.45) is 1.93. The highest BCUT2D eigenvalue weighted by molar-refractivity contribution is 7.92. The van der Waals surface area contributed by atoms with E-state index in [9.17, 15) is 13.5 Å². The lowest BCUT2D eigenvalue weighted by Gasteiger charge is -2.13. The van der Waals surface area contributed by atoms with Crippen molar-refractivity contribution >= 4 is 21.4 Å². The highest BCUT2D eigenvalue weighted by atomic mass is 35.5. The summed E-state index contributed by atoms with van der Waals surface area (Å²) in [5.41, 5.74) is 0. The van der Waals surface area contributed by atoms with E-state index in [0.717, 1.165) is 19.1 Å². The molecule has 66 valence electrons. The van der Waals surface area contributed by atoms with E-state index in [1.165, 1.54) is 0 Å². The summed E-state index contributed by atoms with van der Waals surface area (Å²) in [5, 5.41) is 9.28. The molecule has 1 aliphatic carbocycles. The smallest absolute Gasteiger partial charge is 0.166 e. The van der Waals surface area contributed by atoms with E-state index >= 15 is 0 Å². The fraction of sp³-hybridized carbons (Fsp3) is 1.00. The predicted molar refractivity (Wildman–Crippen MR) is 43.2 cm³/mol. The number of hydrogen-bond acceptors (Lipinski definition) is 3. The molecule has 3 nitrogen and oxygen atoms in total. The minimum absolute atomic E-state index is 0.104. The summed E-state index contributed by atoms with van der Waals surface area (Å²) >= 11 is 5.50. The van der Waals surface area contributed by atoms with Crippen LogP contribution in [0.1, 0.15) is 12.8 Å². The van der Waals surface area contributed by atoms with Crippen LogP contribution < -0.4 is 0 Å². The van der Waals surface area contributed by atoms with Gasteiger partial charge in [0, 0.05) is 6.26 Å². The molecule has 0 bridgehead atoms. The number of hydrogen-bond donors (Lipinski definition) is 1. The van der Waals surface area contributed by atoms with Gasteiger partial charge in [-0.05, 0) is 18.8 Å². The van der Waals surface area contributed by atoms with Gasteiger partial charge in [-0.25, -0.2) is 8.42 Å². The Morgan fingerprint density at radius 2 is 2.00 bits per heavy atom. The molecule has 0 radical (unpaired) electrons. The van der Waals surface area contributed by atoms with Gasteiger partial charge in [0.05, 0.1) is 6.10 Å². The summed E-state index contributed by atoms with van der Waals surface area (Å²) < 4.78 is 20.5. The van der Waals surface area contributed by atoms with Gasteiger partial charge in [-0.2, -0.15) is 0 Å². The second-order valence-corrected chi connectivity index (χ2v) is 5.90. The standard InChI is InChI=1S/C6H11ClO3S/c1-11(9,10)6(7)5(8)4-2-3-4/h4-6,8H,2-3H2,1H3. The SMILES string of the molecule is CS(=O)(=O)C(Cl)C(O)C1CC1. The van der Waals surface area contributed by atoms with Gasteiger partial charge < -0.3 is 5.11 Å². The normalized spacial score (nSPS) is 24.6. The molecule has 1 saturated carbocycles. The van der Waals surface area contributed by atoms with Crippen LogP contribution in [0.2, 0.25) is 0 Å². The third-order valence-corrected chi connectivity index (χ3v) is 4.11. The summed E-state index contributed by atoms with van der Waals surface area (Å²) in [7, 11) is -3.29. The molecule has 0 aromatic rings. The maximum absolute atomic E-state index is 10.8. The van der Waals surface area contributed by atoms with Crippen LogP contribution in [-0.4, -0.2) is 30.6 Å². The highest BCUT2D eigenvalue weighted by Gasteiger charge is 2.38. The average Bonchev–Trinajstić information content (AvgIpc) is 2.63. The Labute approximate surface area is 71.3 Å². The zero-order valence-electron chi connectivity index (χ0n) is 6.20. The number of alkyl halides is 1. The van der Waals surface area contributed by atoms with E-state index in [4.69, 9.17) is 11.6 Å². The lowest BCUT2D eigenvalue weighted by molar-refractivity contribution is 0.164. The molecular weight excluding hydrogens is 188 g/mol. The number of sulfone groups is 1. The number of aliphatic hydroxyl groups is 1. The first kappa shape index (κ1) is 9.29. The van der Waals surface area contributed by atoms with Crippen molar-refractivity contribution in [3.8, 4) is 0 Å². The summed E-state index contributed by atoms with van der Waals surface area (Å²) in [6.45, 7) is 0. The lowest BCUT2D eigenvalue weighted by Crippen LogP contribution is -2.29. The van der Waals surface area contributed by atoms with Crippen molar-refractivity contribution < 1.29 is 13.5 Å². The van der Waals surface area contributed by atoms with Crippen molar-refractivity contribution in [1.82, 2.24) is 0 Å². The molecule has 2 atom stereocenters. The van der Waals surface area contributed by atoms with Crippen molar-refractivity contribution in [2.75, 3.05) is 6.26 Å². The number of rotatable bonds is 3. The van der Waals surface area contributed by atoms with Crippen LogP contribution in [0.25, 0.3) is 0 Å².